The Hall–Kier alpha value is -1.13. The number of oxime groups is 1. The van der Waals surface area contributed by atoms with E-state index in [1.807, 2.05) is 0 Å². The van der Waals surface area contributed by atoms with E-state index in [0.717, 1.165) is 0 Å². The van der Waals surface area contributed by atoms with Gasteiger partial charge in [0, 0.05) is 0 Å². The summed E-state index contributed by atoms with van der Waals surface area (Å²) < 4.78 is 15.2. The van der Waals surface area contributed by atoms with Gasteiger partial charge in [0.1, 0.15) is 7.11 Å². The van der Waals surface area contributed by atoms with Gasteiger partial charge in [-0.15, -0.1) is 0 Å². The number of halogens is 1. The van der Waals surface area contributed by atoms with Crippen LogP contribution in [-0.4, -0.2) is 25.7 Å². The van der Waals surface area contributed by atoms with Crippen molar-refractivity contribution in [1.82, 2.24) is 0 Å². The van der Waals surface area contributed by atoms with Gasteiger partial charge in [-0.1, -0.05) is 5.16 Å². The minimum absolute atomic E-state index is 0.0137. The summed E-state index contributed by atoms with van der Waals surface area (Å²) in [7, 11) is 1.28. The fourth-order valence-corrected chi connectivity index (χ4v) is 0.328. The molecular formula is C5H8FNO3. The van der Waals surface area contributed by atoms with E-state index in [1.165, 1.54) is 14.0 Å². The van der Waals surface area contributed by atoms with Gasteiger partial charge in [0.05, 0.1) is 0 Å². The highest BCUT2D eigenvalue weighted by Gasteiger charge is 2.06. The Balaban J connectivity index is 3.82. The van der Waals surface area contributed by atoms with Crippen LogP contribution in [0.2, 0.25) is 0 Å². The first-order valence-corrected chi connectivity index (χ1v) is 2.53. The second-order valence-corrected chi connectivity index (χ2v) is 1.40. The number of hydrogen-bond donors (Lipinski definition) is 0. The molecule has 0 radical (unpaired) electrons. The smallest absolute Gasteiger partial charge is 0.358 e. The van der Waals surface area contributed by atoms with Crippen LogP contribution in [0.1, 0.15) is 6.92 Å². The largest absolute Gasteiger partial charge is 0.429 e. The molecule has 0 saturated carbocycles. The second kappa shape index (κ2) is 4.72. The zero-order valence-corrected chi connectivity index (χ0v) is 5.76. The van der Waals surface area contributed by atoms with Crippen molar-refractivity contribution in [2.45, 2.75) is 6.92 Å². The molecule has 0 aromatic rings. The number of ether oxygens (including phenoxy) is 1. The molecule has 0 fully saturated rings. The van der Waals surface area contributed by atoms with E-state index in [2.05, 4.69) is 14.7 Å². The van der Waals surface area contributed by atoms with Crippen LogP contribution < -0.4 is 0 Å². The Bertz CT molecular complexity index is 146. The number of rotatable bonds is 3. The lowest BCUT2D eigenvalue weighted by Gasteiger charge is -1.96. The van der Waals surface area contributed by atoms with Crippen LogP contribution in [0.25, 0.3) is 0 Å². The molecule has 0 aromatic heterocycles. The standard InChI is InChI=1S/C5H8FNO3/c1-4(7-9-2)5(8)10-3-6/h3H2,1-2H3/b7-4+. The van der Waals surface area contributed by atoms with Gasteiger partial charge in [0.15, 0.2) is 5.71 Å². The molecule has 0 aliphatic carbocycles. The van der Waals surface area contributed by atoms with Gasteiger partial charge in [0.2, 0.25) is 6.86 Å². The molecule has 0 amide bonds. The van der Waals surface area contributed by atoms with Crippen LogP contribution in [0.4, 0.5) is 4.39 Å². The van der Waals surface area contributed by atoms with Crippen molar-refractivity contribution in [3.05, 3.63) is 0 Å². The summed E-state index contributed by atoms with van der Waals surface area (Å²) in [5, 5.41) is 3.22. The minimum Gasteiger partial charge on any atom is -0.429 e. The Morgan fingerprint density at radius 2 is 2.30 bits per heavy atom. The maximum atomic E-state index is 11.3. The molecule has 0 atom stereocenters. The number of esters is 1. The fraction of sp³-hybridized carbons (Fsp3) is 0.600. The molecule has 0 spiro atoms. The molecule has 0 heterocycles. The summed E-state index contributed by atoms with van der Waals surface area (Å²) in [5.41, 5.74) is -0.0137. The average molecular weight is 149 g/mol. The molecular weight excluding hydrogens is 141 g/mol. The zero-order chi connectivity index (χ0) is 7.98. The predicted octanol–water partition coefficient (Wildman–Crippen LogP) is 0.479. The summed E-state index contributed by atoms with van der Waals surface area (Å²) in [4.78, 5) is 14.7. The van der Waals surface area contributed by atoms with Gasteiger partial charge in [-0.05, 0) is 6.92 Å². The average Bonchev–Trinajstić information content (AvgIpc) is 1.89. The van der Waals surface area contributed by atoms with Crippen molar-refractivity contribution in [3.63, 3.8) is 0 Å². The third-order valence-electron chi connectivity index (χ3n) is 0.709. The molecule has 4 nitrogen and oxygen atoms in total. The van der Waals surface area contributed by atoms with Gasteiger partial charge < -0.3 is 9.57 Å². The first-order chi connectivity index (χ1) is 4.72. The fourth-order valence-electron chi connectivity index (χ4n) is 0.328. The summed E-state index contributed by atoms with van der Waals surface area (Å²) in [5.74, 6) is -0.815. The lowest BCUT2D eigenvalue weighted by Crippen LogP contribution is -2.13. The normalized spacial score (nSPS) is 10.9. The second-order valence-electron chi connectivity index (χ2n) is 1.40. The number of carbonyl (C=O) groups excluding carboxylic acids is 1. The van der Waals surface area contributed by atoms with Gasteiger partial charge in [-0.2, -0.15) is 0 Å². The Kier molecular flexibility index (Phi) is 4.19. The number of hydrogen-bond acceptors (Lipinski definition) is 4. The summed E-state index contributed by atoms with van der Waals surface area (Å²) in [6, 6.07) is 0. The van der Waals surface area contributed by atoms with E-state index in [0.29, 0.717) is 0 Å². The molecule has 0 bridgehead atoms. The molecule has 58 valence electrons. The first kappa shape index (κ1) is 8.87. The summed E-state index contributed by atoms with van der Waals surface area (Å²) in [6.45, 7) is 0.219. The van der Waals surface area contributed by atoms with E-state index in [-0.39, 0.29) is 5.71 Å². The highest BCUT2D eigenvalue weighted by atomic mass is 19.1. The maximum absolute atomic E-state index is 11.3. The predicted molar refractivity (Wildman–Crippen MR) is 32.2 cm³/mol. The number of nitrogens with zero attached hydrogens (tertiary/aromatic N) is 1. The summed E-state index contributed by atoms with van der Waals surface area (Å²) >= 11 is 0. The van der Waals surface area contributed by atoms with Crippen molar-refractivity contribution in [3.8, 4) is 0 Å². The third kappa shape index (κ3) is 3.01. The van der Waals surface area contributed by atoms with Gasteiger partial charge >= 0.3 is 5.97 Å². The van der Waals surface area contributed by atoms with E-state index in [9.17, 15) is 9.18 Å². The molecule has 0 aliphatic heterocycles. The van der Waals surface area contributed by atoms with Crippen LogP contribution in [0.5, 0.6) is 0 Å². The number of alkyl halides is 1. The van der Waals surface area contributed by atoms with Crippen molar-refractivity contribution in [2.75, 3.05) is 14.0 Å². The van der Waals surface area contributed by atoms with Gasteiger partial charge in [-0.3, -0.25) is 0 Å². The van der Waals surface area contributed by atoms with Crippen molar-refractivity contribution >= 4 is 11.7 Å². The Morgan fingerprint density at radius 1 is 1.70 bits per heavy atom. The number of carbonyl (C=O) groups is 1. The highest BCUT2D eigenvalue weighted by molar-refractivity contribution is 6.35. The maximum Gasteiger partial charge on any atom is 0.358 e. The lowest BCUT2D eigenvalue weighted by molar-refractivity contribution is -0.139. The molecule has 0 unspecified atom stereocenters. The van der Waals surface area contributed by atoms with Crippen LogP contribution in [0.3, 0.4) is 0 Å². The third-order valence-corrected chi connectivity index (χ3v) is 0.709. The quantitative estimate of drug-likeness (QED) is 0.333. The van der Waals surface area contributed by atoms with Crippen molar-refractivity contribution in [2.24, 2.45) is 5.16 Å². The lowest BCUT2D eigenvalue weighted by atomic mass is 10.4. The van der Waals surface area contributed by atoms with E-state index >= 15 is 0 Å². The SMILES string of the molecule is CO/N=C(\C)C(=O)OCF. The van der Waals surface area contributed by atoms with E-state index in [1.54, 1.807) is 0 Å². The van der Waals surface area contributed by atoms with Crippen LogP contribution in [0, 0.1) is 0 Å². The van der Waals surface area contributed by atoms with E-state index in [4.69, 9.17) is 0 Å². The highest BCUT2D eigenvalue weighted by Crippen LogP contribution is 1.84. The van der Waals surface area contributed by atoms with Crippen LogP contribution in [0.15, 0.2) is 5.16 Å². The Morgan fingerprint density at radius 3 is 2.70 bits per heavy atom. The topological polar surface area (TPSA) is 47.9 Å². The van der Waals surface area contributed by atoms with Crippen LogP contribution >= 0.6 is 0 Å². The molecule has 0 aromatic carbocycles. The van der Waals surface area contributed by atoms with E-state index < -0.39 is 12.8 Å². The molecule has 0 saturated heterocycles. The molecule has 5 heteroatoms. The zero-order valence-electron chi connectivity index (χ0n) is 5.76. The molecule has 0 rings (SSSR count). The molecule has 0 aliphatic rings. The van der Waals surface area contributed by atoms with Crippen molar-refractivity contribution < 1.29 is 18.8 Å². The first-order valence-electron chi connectivity index (χ1n) is 2.53. The molecule has 0 N–H and O–H groups in total. The Labute approximate surface area is 57.6 Å². The summed E-state index contributed by atoms with van der Waals surface area (Å²) in [6.07, 6.45) is 0. The van der Waals surface area contributed by atoms with Gasteiger partial charge in [-0.25, -0.2) is 9.18 Å². The minimum atomic E-state index is -1.14. The molecule has 10 heavy (non-hydrogen) atoms. The van der Waals surface area contributed by atoms with Crippen molar-refractivity contribution in [1.29, 1.82) is 0 Å². The monoisotopic (exact) mass is 149 g/mol. The van der Waals surface area contributed by atoms with Crippen LogP contribution in [-0.2, 0) is 14.4 Å². The van der Waals surface area contributed by atoms with Gasteiger partial charge in [0.25, 0.3) is 0 Å².